The molecular weight excluding hydrogens is 334 g/mol. The molecule has 1 unspecified atom stereocenters. The van der Waals surface area contributed by atoms with Crippen LogP contribution >= 0.6 is 0 Å². The van der Waals surface area contributed by atoms with Crippen LogP contribution in [0.15, 0.2) is 30.3 Å². The maximum Gasteiger partial charge on any atom is 0.328 e. The monoisotopic (exact) mass is 353 g/mol. The standard InChI is InChI=1S/C18H19N5O3/c1-11-7-13-5-3-4-6-14(13)21(11)10-17(24)23-9-16-20-19-12(2)22(16)8-15(23)18(25)26/h3-7,15H,8-10H2,1-2H3,(H,25,26). The summed E-state index contributed by atoms with van der Waals surface area (Å²) in [6, 6.07) is 8.93. The Balaban J connectivity index is 1.66. The Kier molecular flexibility index (Phi) is 3.75. The highest BCUT2D eigenvalue weighted by Crippen LogP contribution is 2.22. The Morgan fingerprint density at radius 1 is 1.23 bits per heavy atom. The van der Waals surface area contributed by atoms with Gasteiger partial charge in [-0.15, -0.1) is 10.2 Å². The molecule has 1 N–H and O–H groups in total. The van der Waals surface area contributed by atoms with Crippen molar-refractivity contribution < 1.29 is 14.7 Å². The number of rotatable bonds is 3. The minimum Gasteiger partial charge on any atom is -0.480 e. The second kappa shape index (κ2) is 5.98. The molecule has 3 heterocycles. The zero-order valence-electron chi connectivity index (χ0n) is 14.6. The Labute approximate surface area is 149 Å². The molecule has 0 radical (unpaired) electrons. The summed E-state index contributed by atoms with van der Waals surface area (Å²) in [5.41, 5.74) is 1.92. The third-order valence-corrected chi connectivity index (χ3v) is 4.97. The second-order valence-electron chi connectivity index (χ2n) is 6.58. The van der Waals surface area contributed by atoms with E-state index in [1.54, 1.807) is 11.5 Å². The smallest absolute Gasteiger partial charge is 0.328 e. The molecule has 1 aromatic carbocycles. The van der Waals surface area contributed by atoms with Crippen LogP contribution in [0, 0.1) is 13.8 Å². The van der Waals surface area contributed by atoms with Gasteiger partial charge in [0.1, 0.15) is 18.4 Å². The Morgan fingerprint density at radius 3 is 2.77 bits per heavy atom. The molecule has 2 aromatic heterocycles. The Morgan fingerprint density at radius 2 is 2.00 bits per heavy atom. The average molecular weight is 353 g/mol. The molecule has 0 saturated carbocycles. The van der Waals surface area contributed by atoms with Gasteiger partial charge < -0.3 is 19.1 Å². The zero-order valence-corrected chi connectivity index (χ0v) is 14.6. The van der Waals surface area contributed by atoms with Gasteiger partial charge in [0.25, 0.3) is 0 Å². The molecule has 0 spiro atoms. The number of carbonyl (C=O) groups excluding carboxylic acids is 1. The highest BCUT2D eigenvalue weighted by molar-refractivity contribution is 5.87. The molecule has 1 aliphatic rings. The molecule has 134 valence electrons. The molecule has 0 saturated heterocycles. The Hall–Kier alpha value is -3.16. The number of aromatic nitrogens is 4. The van der Waals surface area contributed by atoms with E-state index in [4.69, 9.17) is 0 Å². The lowest BCUT2D eigenvalue weighted by Gasteiger charge is -2.33. The predicted octanol–water partition coefficient (Wildman–Crippen LogP) is 1.35. The number of carbonyl (C=O) groups is 2. The van der Waals surface area contributed by atoms with Crippen molar-refractivity contribution in [3.05, 3.63) is 47.7 Å². The number of nitrogens with zero attached hydrogens (tertiary/aromatic N) is 5. The maximum absolute atomic E-state index is 13.0. The maximum atomic E-state index is 13.0. The Bertz CT molecular complexity index is 1020. The van der Waals surface area contributed by atoms with E-state index in [-0.39, 0.29) is 25.5 Å². The molecule has 0 aliphatic carbocycles. The minimum absolute atomic E-state index is 0.0935. The minimum atomic E-state index is -1.02. The molecule has 1 atom stereocenters. The van der Waals surface area contributed by atoms with Crippen molar-refractivity contribution >= 4 is 22.8 Å². The van der Waals surface area contributed by atoms with Crippen LogP contribution < -0.4 is 0 Å². The van der Waals surface area contributed by atoms with Crippen LogP contribution in [0.25, 0.3) is 10.9 Å². The van der Waals surface area contributed by atoms with E-state index in [1.807, 2.05) is 41.8 Å². The van der Waals surface area contributed by atoms with Gasteiger partial charge in [0.05, 0.1) is 13.1 Å². The van der Waals surface area contributed by atoms with E-state index in [0.29, 0.717) is 11.6 Å². The fourth-order valence-corrected chi connectivity index (χ4v) is 3.57. The van der Waals surface area contributed by atoms with E-state index in [2.05, 4.69) is 10.2 Å². The number of aliphatic carboxylic acids is 1. The molecule has 26 heavy (non-hydrogen) atoms. The first kappa shape index (κ1) is 16.3. The number of aryl methyl sites for hydroxylation is 2. The number of amides is 1. The molecule has 0 bridgehead atoms. The largest absolute Gasteiger partial charge is 0.480 e. The first-order valence-corrected chi connectivity index (χ1v) is 8.41. The number of fused-ring (bicyclic) bond motifs is 2. The van der Waals surface area contributed by atoms with Gasteiger partial charge in [-0.3, -0.25) is 4.79 Å². The van der Waals surface area contributed by atoms with E-state index in [0.717, 1.165) is 16.6 Å². The number of para-hydroxylation sites is 1. The van der Waals surface area contributed by atoms with Crippen molar-refractivity contribution in [1.82, 2.24) is 24.2 Å². The lowest BCUT2D eigenvalue weighted by Crippen LogP contribution is -2.51. The molecule has 1 aliphatic heterocycles. The van der Waals surface area contributed by atoms with E-state index in [9.17, 15) is 14.7 Å². The molecule has 1 amide bonds. The van der Waals surface area contributed by atoms with Gasteiger partial charge in [0.2, 0.25) is 5.91 Å². The first-order valence-electron chi connectivity index (χ1n) is 8.41. The van der Waals surface area contributed by atoms with Gasteiger partial charge in [-0.1, -0.05) is 18.2 Å². The zero-order chi connectivity index (χ0) is 18.4. The van der Waals surface area contributed by atoms with Crippen LogP contribution in [-0.4, -0.2) is 47.3 Å². The van der Waals surface area contributed by atoms with Gasteiger partial charge in [-0.25, -0.2) is 4.79 Å². The summed E-state index contributed by atoms with van der Waals surface area (Å²) < 4.78 is 3.68. The molecule has 3 aromatic rings. The highest BCUT2D eigenvalue weighted by atomic mass is 16.4. The molecule has 8 heteroatoms. The number of hydrogen-bond acceptors (Lipinski definition) is 4. The summed E-state index contributed by atoms with van der Waals surface area (Å²) in [5.74, 6) is 0.00738. The number of carboxylic acids is 1. The SMILES string of the molecule is Cc1nnc2n1CC(C(=O)O)N(C(=O)Cn1c(C)cc3ccccc31)C2. The number of benzene rings is 1. The third kappa shape index (κ3) is 2.54. The van der Waals surface area contributed by atoms with Crippen molar-refractivity contribution in [1.29, 1.82) is 0 Å². The quantitative estimate of drug-likeness (QED) is 0.767. The van der Waals surface area contributed by atoms with Crippen LogP contribution in [0.2, 0.25) is 0 Å². The van der Waals surface area contributed by atoms with Crippen molar-refractivity contribution in [2.45, 2.75) is 39.5 Å². The summed E-state index contributed by atoms with van der Waals surface area (Å²) in [6.45, 7) is 4.13. The van der Waals surface area contributed by atoms with Gasteiger partial charge in [-0.05, 0) is 31.4 Å². The van der Waals surface area contributed by atoms with E-state index >= 15 is 0 Å². The second-order valence-corrected chi connectivity index (χ2v) is 6.58. The van der Waals surface area contributed by atoms with Gasteiger partial charge in [-0.2, -0.15) is 0 Å². The van der Waals surface area contributed by atoms with E-state index < -0.39 is 12.0 Å². The number of hydrogen-bond donors (Lipinski definition) is 1. The summed E-state index contributed by atoms with van der Waals surface area (Å²) in [7, 11) is 0. The molecule has 0 fully saturated rings. The summed E-state index contributed by atoms with van der Waals surface area (Å²) in [6.07, 6.45) is 0. The average Bonchev–Trinajstić information content (AvgIpc) is 3.14. The van der Waals surface area contributed by atoms with Crippen LogP contribution in [-0.2, 0) is 29.2 Å². The fraction of sp³-hybridized carbons (Fsp3) is 0.333. The summed E-state index contributed by atoms with van der Waals surface area (Å²) in [5, 5.41) is 18.7. The third-order valence-electron chi connectivity index (χ3n) is 4.97. The first-order chi connectivity index (χ1) is 12.5. The highest BCUT2D eigenvalue weighted by Gasteiger charge is 2.36. The van der Waals surface area contributed by atoms with E-state index in [1.165, 1.54) is 4.90 Å². The van der Waals surface area contributed by atoms with Crippen LogP contribution in [0.1, 0.15) is 17.3 Å². The lowest BCUT2D eigenvalue weighted by molar-refractivity contribution is -0.153. The van der Waals surface area contributed by atoms with Gasteiger partial charge in [0.15, 0.2) is 5.82 Å². The molecule has 4 rings (SSSR count). The van der Waals surface area contributed by atoms with Crippen LogP contribution in [0.4, 0.5) is 0 Å². The summed E-state index contributed by atoms with van der Waals surface area (Å²) >= 11 is 0. The van der Waals surface area contributed by atoms with Crippen molar-refractivity contribution in [2.24, 2.45) is 0 Å². The molecular formula is C18H19N5O3. The lowest BCUT2D eigenvalue weighted by atomic mass is 10.2. The van der Waals surface area contributed by atoms with Crippen molar-refractivity contribution in [3.8, 4) is 0 Å². The van der Waals surface area contributed by atoms with Gasteiger partial charge >= 0.3 is 5.97 Å². The van der Waals surface area contributed by atoms with Crippen LogP contribution in [0.5, 0.6) is 0 Å². The van der Waals surface area contributed by atoms with Crippen LogP contribution in [0.3, 0.4) is 0 Å². The summed E-state index contributed by atoms with van der Waals surface area (Å²) in [4.78, 5) is 26.1. The van der Waals surface area contributed by atoms with Crippen molar-refractivity contribution in [3.63, 3.8) is 0 Å². The normalized spacial score (nSPS) is 16.7. The predicted molar refractivity (Wildman–Crippen MR) is 93.4 cm³/mol. The van der Waals surface area contributed by atoms with Crippen molar-refractivity contribution in [2.75, 3.05) is 0 Å². The number of carboxylic acid groups (broad SMARTS) is 1. The van der Waals surface area contributed by atoms with Gasteiger partial charge in [0, 0.05) is 11.2 Å². The fourth-order valence-electron chi connectivity index (χ4n) is 3.57. The topological polar surface area (TPSA) is 93.2 Å². The molecule has 8 nitrogen and oxygen atoms in total.